The first-order chi connectivity index (χ1) is 11.3. The van der Waals surface area contributed by atoms with Crippen molar-refractivity contribution in [1.29, 1.82) is 0 Å². The van der Waals surface area contributed by atoms with Crippen LogP contribution >= 0.6 is 0 Å². The van der Waals surface area contributed by atoms with E-state index in [4.69, 9.17) is 0 Å². The maximum Gasteiger partial charge on any atom is 0.413 e. The van der Waals surface area contributed by atoms with Gasteiger partial charge in [-0.15, -0.1) is 0 Å². The van der Waals surface area contributed by atoms with Crippen molar-refractivity contribution in [1.82, 2.24) is 9.62 Å². The van der Waals surface area contributed by atoms with E-state index in [2.05, 4.69) is 10.1 Å². The largest absolute Gasteiger partial charge is 0.453 e. The van der Waals surface area contributed by atoms with Gasteiger partial charge in [0.2, 0.25) is 10.0 Å². The number of alkyl carbamates (subject to hydrolysis) is 1. The summed E-state index contributed by atoms with van der Waals surface area (Å²) in [6.45, 7) is 1.38. The van der Waals surface area contributed by atoms with E-state index in [1.54, 1.807) is 0 Å². The molecule has 0 aromatic heterocycles. The van der Waals surface area contributed by atoms with Crippen molar-refractivity contribution in [3.63, 3.8) is 0 Å². The molecule has 2 N–H and O–H groups in total. The Labute approximate surface area is 139 Å². The molecule has 1 saturated heterocycles. The molecule has 0 unspecified atom stereocenters. The molecule has 1 heterocycles. The summed E-state index contributed by atoms with van der Waals surface area (Å²) in [5, 5.41) is 2.06. The molecule has 10 heteroatoms. The second-order valence-corrected chi connectivity index (χ2v) is 7.26. The number of halogens is 1. The third-order valence-corrected chi connectivity index (χ3v) is 5.63. The Morgan fingerprint density at radius 3 is 2.38 bits per heavy atom. The van der Waals surface area contributed by atoms with E-state index in [9.17, 15) is 22.4 Å². The molecular formula is C14H19FN3O5S+. The summed E-state index contributed by atoms with van der Waals surface area (Å²) in [4.78, 5) is 23.5. The van der Waals surface area contributed by atoms with Gasteiger partial charge in [-0.2, -0.15) is 4.31 Å². The van der Waals surface area contributed by atoms with Crippen LogP contribution in [-0.4, -0.2) is 64.6 Å². The quantitative estimate of drug-likeness (QED) is 0.688. The van der Waals surface area contributed by atoms with Crippen LogP contribution in [0, 0.1) is 5.82 Å². The van der Waals surface area contributed by atoms with Crippen molar-refractivity contribution in [3.05, 3.63) is 30.1 Å². The van der Waals surface area contributed by atoms with Crippen LogP contribution in [0.4, 0.5) is 9.18 Å². The highest BCUT2D eigenvalue weighted by atomic mass is 32.2. The standard InChI is InChI=1S/C14H18FN3O5S/c1-23-14(20)16-13(19)10-17-6-8-18(9-7-17)24(21,22)12-4-2-11(15)3-5-12/h2-5H,6-10H2,1H3,(H,16,19,20)/p+1. The topological polar surface area (TPSA) is 97.2 Å². The monoisotopic (exact) mass is 360 g/mol. The minimum atomic E-state index is -3.67. The molecule has 2 rings (SSSR count). The Morgan fingerprint density at radius 1 is 1.25 bits per heavy atom. The SMILES string of the molecule is COC(=O)NC(=O)C[NH+]1CCN(S(=O)(=O)c2ccc(F)cc2)CC1. The number of nitrogens with one attached hydrogen (secondary N) is 2. The fourth-order valence-corrected chi connectivity index (χ4v) is 3.85. The molecular weight excluding hydrogens is 341 g/mol. The third kappa shape index (κ3) is 4.49. The van der Waals surface area contributed by atoms with Crippen LogP contribution in [0.3, 0.4) is 0 Å². The lowest BCUT2D eigenvalue weighted by atomic mass is 10.3. The highest BCUT2D eigenvalue weighted by Gasteiger charge is 2.31. The molecule has 1 fully saturated rings. The molecule has 0 aliphatic carbocycles. The van der Waals surface area contributed by atoms with Gasteiger partial charge in [-0.25, -0.2) is 17.6 Å². The number of hydrogen-bond donors (Lipinski definition) is 2. The molecule has 1 aliphatic heterocycles. The zero-order chi connectivity index (χ0) is 17.7. The van der Waals surface area contributed by atoms with Gasteiger partial charge in [0.05, 0.1) is 38.2 Å². The predicted molar refractivity (Wildman–Crippen MR) is 81.3 cm³/mol. The molecule has 24 heavy (non-hydrogen) atoms. The molecule has 0 spiro atoms. The number of benzene rings is 1. The van der Waals surface area contributed by atoms with Gasteiger partial charge in [0, 0.05) is 0 Å². The molecule has 1 aliphatic rings. The number of sulfonamides is 1. The van der Waals surface area contributed by atoms with Crippen molar-refractivity contribution in [2.45, 2.75) is 4.90 Å². The molecule has 0 saturated carbocycles. The van der Waals surface area contributed by atoms with E-state index in [-0.39, 0.29) is 24.5 Å². The number of hydrogen-bond acceptors (Lipinski definition) is 5. The van der Waals surface area contributed by atoms with E-state index >= 15 is 0 Å². The number of ether oxygens (including phenoxy) is 1. The predicted octanol–water partition coefficient (Wildman–Crippen LogP) is -1.40. The minimum Gasteiger partial charge on any atom is -0.453 e. The van der Waals surface area contributed by atoms with Crippen LogP contribution < -0.4 is 10.2 Å². The Balaban J connectivity index is 1.91. The van der Waals surface area contributed by atoms with Gasteiger partial charge in [-0.1, -0.05) is 0 Å². The maximum absolute atomic E-state index is 12.9. The molecule has 0 bridgehead atoms. The lowest BCUT2D eigenvalue weighted by Gasteiger charge is -2.31. The molecule has 0 atom stereocenters. The van der Waals surface area contributed by atoms with Crippen LogP contribution in [0.2, 0.25) is 0 Å². The highest BCUT2D eigenvalue weighted by molar-refractivity contribution is 7.89. The number of nitrogens with zero attached hydrogens (tertiary/aromatic N) is 1. The third-order valence-electron chi connectivity index (χ3n) is 3.72. The average Bonchev–Trinajstić information content (AvgIpc) is 2.55. The van der Waals surface area contributed by atoms with E-state index < -0.39 is 27.8 Å². The number of imide groups is 1. The zero-order valence-electron chi connectivity index (χ0n) is 13.1. The van der Waals surface area contributed by atoms with Crippen molar-refractivity contribution >= 4 is 22.0 Å². The molecule has 2 amide bonds. The summed E-state index contributed by atoms with van der Waals surface area (Å²) >= 11 is 0. The van der Waals surface area contributed by atoms with Gasteiger partial charge in [-0.05, 0) is 24.3 Å². The van der Waals surface area contributed by atoms with Crippen LogP contribution in [0.15, 0.2) is 29.2 Å². The molecule has 132 valence electrons. The number of carbonyl (C=O) groups is 2. The fraction of sp³-hybridized carbons (Fsp3) is 0.429. The summed E-state index contributed by atoms with van der Waals surface area (Å²) in [6, 6.07) is 4.67. The second kappa shape index (κ2) is 7.69. The van der Waals surface area contributed by atoms with Gasteiger partial charge in [0.15, 0.2) is 6.54 Å². The van der Waals surface area contributed by atoms with Gasteiger partial charge in [0.1, 0.15) is 5.82 Å². The number of quaternary nitrogens is 1. The summed E-state index contributed by atoms with van der Waals surface area (Å²) < 4.78 is 43.5. The van der Waals surface area contributed by atoms with Crippen LogP contribution in [0.1, 0.15) is 0 Å². The van der Waals surface area contributed by atoms with Crippen molar-refractivity contribution in [2.75, 3.05) is 39.8 Å². The molecule has 0 radical (unpaired) electrons. The Bertz CT molecular complexity index is 700. The Kier molecular flexibility index (Phi) is 5.86. The van der Waals surface area contributed by atoms with Crippen molar-refractivity contribution in [2.24, 2.45) is 0 Å². The van der Waals surface area contributed by atoms with E-state index in [0.717, 1.165) is 24.1 Å². The number of rotatable bonds is 4. The number of methoxy groups -OCH3 is 1. The van der Waals surface area contributed by atoms with Crippen LogP contribution in [0.5, 0.6) is 0 Å². The number of carbonyl (C=O) groups excluding carboxylic acids is 2. The smallest absolute Gasteiger partial charge is 0.413 e. The molecule has 1 aromatic carbocycles. The highest BCUT2D eigenvalue weighted by Crippen LogP contribution is 2.15. The normalized spacial score (nSPS) is 16.6. The number of amides is 2. The first-order valence-corrected chi connectivity index (χ1v) is 8.74. The first kappa shape index (κ1) is 18.3. The average molecular weight is 360 g/mol. The van der Waals surface area contributed by atoms with Crippen LogP contribution in [-0.2, 0) is 19.6 Å². The van der Waals surface area contributed by atoms with Crippen LogP contribution in [0.25, 0.3) is 0 Å². The summed E-state index contributed by atoms with van der Waals surface area (Å²) in [5.74, 6) is -0.980. The lowest BCUT2D eigenvalue weighted by Crippen LogP contribution is -3.15. The molecule has 1 aromatic rings. The summed E-state index contributed by atoms with van der Waals surface area (Å²) in [7, 11) is -2.51. The minimum absolute atomic E-state index is 0.0378. The van der Waals surface area contributed by atoms with Gasteiger partial charge in [0.25, 0.3) is 5.91 Å². The van der Waals surface area contributed by atoms with Gasteiger partial charge < -0.3 is 9.64 Å². The summed E-state index contributed by atoms with van der Waals surface area (Å²) in [6.07, 6.45) is -0.822. The van der Waals surface area contributed by atoms with Gasteiger partial charge in [-0.3, -0.25) is 10.1 Å². The lowest BCUT2D eigenvalue weighted by molar-refractivity contribution is -0.895. The second-order valence-electron chi connectivity index (χ2n) is 5.32. The van der Waals surface area contributed by atoms with E-state index in [0.29, 0.717) is 13.1 Å². The van der Waals surface area contributed by atoms with Gasteiger partial charge >= 0.3 is 6.09 Å². The Hall–Kier alpha value is -2.04. The first-order valence-electron chi connectivity index (χ1n) is 7.30. The summed E-state index contributed by atoms with van der Waals surface area (Å²) in [5.41, 5.74) is 0. The zero-order valence-corrected chi connectivity index (χ0v) is 13.9. The van der Waals surface area contributed by atoms with E-state index in [1.165, 1.54) is 16.4 Å². The van der Waals surface area contributed by atoms with E-state index in [1.807, 2.05) is 0 Å². The molecule has 8 nitrogen and oxygen atoms in total. The fourth-order valence-electron chi connectivity index (χ4n) is 2.41. The maximum atomic E-state index is 12.9. The Morgan fingerprint density at radius 2 is 1.83 bits per heavy atom. The number of piperazine rings is 1. The van der Waals surface area contributed by atoms with Crippen molar-refractivity contribution in [3.8, 4) is 0 Å². The van der Waals surface area contributed by atoms with Crippen molar-refractivity contribution < 1.29 is 32.0 Å².